The first kappa shape index (κ1) is 15.3. The summed E-state index contributed by atoms with van der Waals surface area (Å²) < 4.78 is 44.2. The predicted octanol–water partition coefficient (Wildman–Crippen LogP) is 3.58. The molecule has 1 unspecified atom stereocenters. The van der Waals surface area contributed by atoms with Crippen LogP contribution in [0, 0.1) is 0 Å². The lowest BCUT2D eigenvalue weighted by molar-refractivity contribution is -0.139. The van der Waals surface area contributed by atoms with Crippen molar-refractivity contribution in [2.45, 2.75) is 19.2 Å². The molecule has 0 fully saturated rings. The van der Waals surface area contributed by atoms with E-state index in [1.54, 1.807) is 6.92 Å². The third kappa shape index (κ3) is 3.52. The number of pyridine rings is 1. The van der Waals surface area contributed by atoms with E-state index in [0.29, 0.717) is 12.4 Å². The first-order valence-corrected chi connectivity index (χ1v) is 6.35. The Morgan fingerprint density at radius 1 is 1.24 bits per heavy atom. The van der Waals surface area contributed by atoms with E-state index < -0.39 is 17.8 Å². The topological polar surface area (TPSA) is 42.4 Å². The van der Waals surface area contributed by atoms with E-state index in [1.807, 2.05) is 0 Å². The van der Waals surface area contributed by atoms with Gasteiger partial charge >= 0.3 is 6.18 Å². The molecule has 112 valence electrons. The van der Waals surface area contributed by atoms with Gasteiger partial charge in [-0.3, -0.25) is 4.98 Å². The number of aliphatic hydroxyl groups excluding tert-OH is 1. The van der Waals surface area contributed by atoms with Gasteiger partial charge in [0.25, 0.3) is 0 Å². The van der Waals surface area contributed by atoms with Crippen molar-refractivity contribution in [1.29, 1.82) is 0 Å². The van der Waals surface area contributed by atoms with Gasteiger partial charge in [0.15, 0.2) is 0 Å². The van der Waals surface area contributed by atoms with E-state index in [-0.39, 0.29) is 11.1 Å². The fraction of sp³-hybridized carbons (Fsp3) is 0.267. The number of alkyl halides is 3. The summed E-state index contributed by atoms with van der Waals surface area (Å²) >= 11 is 0. The second-order valence-electron chi connectivity index (χ2n) is 4.37. The molecule has 0 aliphatic carbocycles. The lowest BCUT2D eigenvalue weighted by Gasteiger charge is -2.18. The number of aromatic nitrogens is 1. The van der Waals surface area contributed by atoms with Crippen molar-refractivity contribution in [3.8, 4) is 5.75 Å². The number of rotatable bonds is 4. The van der Waals surface area contributed by atoms with Crippen molar-refractivity contribution in [3.63, 3.8) is 0 Å². The molecule has 0 aliphatic rings. The van der Waals surface area contributed by atoms with Crippen LogP contribution in [0.2, 0.25) is 0 Å². The Bertz CT molecular complexity index is 614. The van der Waals surface area contributed by atoms with Crippen LogP contribution in [-0.2, 0) is 6.18 Å². The van der Waals surface area contributed by atoms with E-state index in [0.717, 1.165) is 6.07 Å². The Hall–Kier alpha value is -2.08. The largest absolute Gasteiger partial charge is 0.492 e. The summed E-state index contributed by atoms with van der Waals surface area (Å²) in [6.45, 7) is 2.18. The van der Waals surface area contributed by atoms with Gasteiger partial charge < -0.3 is 9.84 Å². The predicted molar refractivity (Wildman–Crippen MR) is 70.9 cm³/mol. The number of aliphatic hydroxyl groups is 1. The normalized spacial score (nSPS) is 13.0. The van der Waals surface area contributed by atoms with E-state index in [2.05, 4.69) is 4.98 Å². The molecule has 0 saturated carbocycles. The molecule has 1 aromatic carbocycles. The Morgan fingerprint density at radius 2 is 1.95 bits per heavy atom. The van der Waals surface area contributed by atoms with Crippen molar-refractivity contribution in [1.82, 2.24) is 4.98 Å². The molecule has 0 aliphatic heterocycles. The van der Waals surface area contributed by atoms with Crippen LogP contribution in [0.1, 0.15) is 29.7 Å². The minimum Gasteiger partial charge on any atom is -0.492 e. The highest BCUT2D eigenvalue weighted by Crippen LogP contribution is 2.36. The number of hydrogen-bond acceptors (Lipinski definition) is 3. The molecule has 0 saturated heterocycles. The van der Waals surface area contributed by atoms with Crippen LogP contribution in [-0.4, -0.2) is 16.7 Å². The van der Waals surface area contributed by atoms with Crippen LogP contribution in [0.15, 0.2) is 42.7 Å². The third-order valence-corrected chi connectivity index (χ3v) is 2.92. The smallest absolute Gasteiger partial charge is 0.416 e. The molecule has 0 amide bonds. The molecule has 1 atom stereocenters. The molecular formula is C15H14F3NO2. The average molecular weight is 297 g/mol. The fourth-order valence-electron chi connectivity index (χ4n) is 2.00. The lowest BCUT2D eigenvalue weighted by atomic mass is 9.97. The molecule has 21 heavy (non-hydrogen) atoms. The van der Waals surface area contributed by atoms with Gasteiger partial charge in [0.1, 0.15) is 11.9 Å². The van der Waals surface area contributed by atoms with Gasteiger partial charge in [-0.05, 0) is 24.6 Å². The molecular weight excluding hydrogens is 283 g/mol. The minimum atomic E-state index is -4.53. The monoisotopic (exact) mass is 297 g/mol. The fourth-order valence-corrected chi connectivity index (χ4v) is 2.00. The molecule has 1 heterocycles. The second-order valence-corrected chi connectivity index (χ2v) is 4.37. The van der Waals surface area contributed by atoms with Gasteiger partial charge in [0.05, 0.1) is 18.4 Å². The van der Waals surface area contributed by atoms with Crippen LogP contribution < -0.4 is 4.74 Å². The van der Waals surface area contributed by atoms with Gasteiger partial charge in [0.2, 0.25) is 0 Å². The summed E-state index contributed by atoms with van der Waals surface area (Å²) in [4.78, 5) is 3.88. The minimum absolute atomic E-state index is 0.208. The summed E-state index contributed by atoms with van der Waals surface area (Å²) in [6, 6.07) is 6.41. The van der Waals surface area contributed by atoms with Gasteiger partial charge in [-0.2, -0.15) is 13.2 Å². The summed E-state index contributed by atoms with van der Waals surface area (Å²) in [5, 5.41) is 10.2. The standard InChI is InChI=1S/C15H14F3NO2/c1-2-21-11-7-10(8-19-9-11)14(20)12-5-3-4-6-13(12)15(16,17)18/h3-9,14,20H,2H2,1H3. The quantitative estimate of drug-likeness (QED) is 0.938. The number of benzene rings is 1. The highest BCUT2D eigenvalue weighted by atomic mass is 19.4. The number of nitrogens with zero attached hydrogens (tertiary/aromatic N) is 1. The van der Waals surface area contributed by atoms with Crippen molar-refractivity contribution >= 4 is 0 Å². The molecule has 0 radical (unpaired) electrons. The lowest BCUT2D eigenvalue weighted by Crippen LogP contribution is -2.12. The summed E-state index contributed by atoms with van der Waals surface area (Å²) in [6.07, 6.45) is -3.19. The molecule has 0 spiro atoms. The maximum atomic E-state index is 13.0. The molecule has 6 heteroatoms. The summed E-state index contributed by atoms with van der Waals surface area (Å²) in [5.41, 5.74) is -0.822. The summed E-state index contributed by atoms with van der Waals surface area (Å²) in [7, 11) is 0. The molecule has 0 bridgehead atoms. The van der Waals surface area contributed by atoms with E-state index >= 15 is 0 Å². The highest BCUT2D eigenvalue weighted by molar-refractivity contribution is 5.38. The Labute approximate surface area is 120 Å². The highest BCUT2D eigenvalue weighted by Gasteiger charge is 2.35. The van der Waals surface area contributed by atoms with Crippen LogP contribution >= 0.6 is 0 Å². The van der Waals surface area contributed by atoms with Gasteiger partial charge in [-0.15, -0.1) is 0 Å². The number of hydrogen-bond donors (Lipinski definition) is 1. The van der Waals surface area contributed by atoms with Crippen molar-refractivity contribution in [2.75, 3.05) is 6.61 Å². The van der Waals surface area contributed by atoms with Crippen LogP contribution in [0.4, 0.5) is 13.2 Å². The van der Waals surface area contributed by atoms with E-state index in [9.17, 15) is 18.3 Å². The maximum absolute atomic E-state index is 13.0. The zero-order chi connectivity index (χ0) is 15.5. The molecule has 3 nitrogen and oxygen atoms in total. The van der Waals surface area contributed by atoms with Crippen molar-refractivity contribution in [2.24, 2.45) is 0 Å². The van der Waals surface area contributed by atoms with Crippen molar-refractivity contribution < 1.29 is 23.0 Å². The van der Waals surface area contributed by atoms with Gasteiger partial charge in [-0.25, -0.2) is 0 Å². The Morgan fingerprint density at radius 3 is 2.62 bits per heavy atom. The summed E-state index contributed by atoms with van der Waals surface area (Å²) in [5.74, 6) is 0.401. The first-order chi connectivity index (χ1) is 9.93. The van der Waals surface area contributed by atoms with Crippen molar-refractivity contribution in [3.05, 3.63) is 59.4 Å². The zero-order valence-corrected chi connectivity index (χ0v) is 11.3. The average Bonchev–Trinajstić information content (AvgIpc) is 2.46. The molecule has 2 rings (SSSR count). The third-order valence-electron chi connectivity index (χ3n) is 2.92. The molecule has 1 N–H and O–H groups in total. The SMILES string of the molecule is CCOc1cncc(C(O)c2ccccc2C(F)(F)F)c1. The Balaban J connectivity index is 2.41. The maximum Gasteiger partial charge on any atom is 0.416 e. The number of ether oxygens (including phenoxy) is 1. The zero-order valence-electron chi connectivity index (χ0n) is 11.3. The molecule has 2 aromatic rings. The van der Waals surface area contributed by atoms with Crippen LogP contribution in [0.5, 0.6) is 5.75 Å². The van der Waals surface area contributed by atoms with Crippen LogP contribution in [0.25, 0.3) is 0 Å². The van der Waals surface area contributed by atoms with Gasteiger partial charge in [-0.1, -0.05) is 18.2 Å². The second kappa shape index (κ2) is 6.13. The molecule has 1 aromatic heterocycles. The Kier molecular flexibility index (Phi) is 4.47. The number of halogens is 3. The van der Waals surface area contributed by atoms with E-state index in [4.69, 9.17) is 4.74 Å². The van der Waals surface area contributed by atoms with Crippen LogP contribution in [0.3, 0.4) is 0 Å². The van der Waals surface area contributed by atoms with Gasteiger partial charge in [0, 0.05) is 11.8 Å². The first-order valence-electron chi connectivity index (χ1n) is 6.35. The van der Waals surface area contributed by atoms with E-state index in [1.165, 1.54) is 36.7 Å².